The van der Waals surface area contributed by atoms with Gasteiger partial charge in [-0.3, -0.25) is 0 Å². The van der Waals surface area contributed by atoms with Gasteiger partial charge < -0.3 is 4.74 Å². The van der Waals surface area contributed by atoms with Gasteiger partial charge in [-0.1, -0.05) is 24.3 Å². The molecule has 5 heteroatoms. The fourth-order valence-corrected chi connectivity index (χ4v) is 1.78. The van der Waals surface area contributed by atoms with Crippen molar-refractivity contribution in [3.8, 4) is 0 Å². The van der Waals surface area contributed by atoms with Crippen LogP contribution in [0.15, 0.2) is 36.4 Å². The molecule has 0 atom stereocenters. The Bertz CT molecular complexity index is 461. The number of carbonyl (C=O) groups is 1. The first-order valence-electron chi connectivity index (χ1n) is 6.90. The van der Waals surface area contributed by atoms with Crippen LogP contribution in [0.2, 0.25) is 0 Å². The Balaban J connectivity index is 2.32. The number of ether oxygens (including phenoxy) is 1. The lowest BCUT2D eigenvalue weighted by molar-refractivity contribution is -0.125. The maximum atomic E-state index is 11.9. The number of alkyl halides is 3. The molecule has 0 saturated heterocycles. The summed E-state index contributed by atoms with van der Waals surface area (Å²) in [5, 5.41) is 0. The average molecular weight is 300 g/mol. The van der Waals surface area contributed by atoms with Crippen molar-refractivity contribution in [3.05, 3.63) is 47.5 Å². The van der Waals surface area contributed by atoms with Gasteiger partial charge in [-0.25, -0.2) is 4.79 Å². The van der Waals surface area contributed by atoms with Crippen molar-refractivity contribution >= 4 is 5.97 Å². The number of hydrogen-bond donors (Lipinski definition) is 0. The van der Waals surface area contributed by atoms with E-state index in [0.717, 1.165) is 24.5 Å². The highest BCUT2D eigenvalue weighted by atomic mass is 19.4. The number of rotatable bonds is 7. The van der Waals surface area contributed by atoms with E-state index in [1.807, 2.05) is 12.1 Å². The molecule has 0 fully saturated rings. The van der Waals surface area contributed by atoms with E-state index in [1.54, 1.807) is 25.1 Å². The summed E-state index contributed by atoms with van der Waals surface area (Å²) in [6, 6.07) is 7.08. The lowest BCUT2D eigenvalue weighted by Crippen LogP contribution is -2.04. The molecule has 0 aliphatic rings. The van der Waals surface area contributed by atoms with Gasteiger partial charge in [-0.15, -0.1) is 0 Å². The third-order valence-electron chi connectivity index (χ3n) is 2.82. The normalized spacial score (nSPS) is 11.8. The first-order chi connectivity index (χ1) is 9.92. The predicted molar refractivity (Wildman–Crippen MR) is 75.1 cm³/mol. The van der Waals surface area contributed by atoms with Gasteiger partial charge in [0.25, 0.3) is 0 Å². The molecule has 0 unspecified atom stereocenters. The molecule has 0 aliphatic heterocycles. The summed E-state index contributed by atoms with van der Waals surface area (Å²) in [7, 11) is 0. The van der Waals surface area contributed by atoms with Gasteiger partial charge >= 0.3 is 12.1 Å². The van der Waals surface area contributed by atoms with Crippen LogP contribution in [0.1, 0.15) is 42.1 Å². The average Bonchev–Trinajstić information content (AvgIpc) is 2.42. The number of allylic oxidation sites excluding steroid dienone is 2. The van der Waals surface area contributed by atoms with Gasteiger partial charge in [-0.2, -0.15) is 13.2 Å². The van der Waals surface area contributed by atoms with Gasteiger partial charge in [0, 0.05) is 0 Å². The molecule has 0 radical (unpaired) electrons. The predicted octanol–water partition coefficient (Wildman–Crippen LogP) is 4.69. The van der Waals surface area contributed by atoms with Crippen LogP contribution in [0, 0.1) is 0 Å². The topological polar surface area (TPSA) is 26.3 Å². The second-order valence-corrected chi connectivity index (χ2v) is 4.60. The Labute approximate surface area is 122 Å². The van der Waals surface area contributed by atoms with Gasteiger partial charge in [0.05, 0.1) is 18.6 Å². The molecule has 0 spiro atoms. The minimum Gasteiger partial charge on any atom is -0.462 e. The molecular weight excluding hydrogens is 281 g/mol. The van der Waals surface area contributed by atoms with Crippen molar-refractivity contribution in [1.29, 1.82) is 0 Å². The molecule has 0 saturated carbocycles. The second-order valence-electron chi connectivity index (χ2n) is 4.60. The maximum absolute atomic E-state index is 11.9. The zero-order valence-corrected chi connectivity index (χ0v) is 12.0. The van der Waals surface area contributed by atoms with Gasteiger partial charge in [0.1, 0.15) is 0 Å². The number of esters is 1. The molecule has 0 bridgehead atoms. The lowest BCUT2D eigenvalue weighted by Gasteiger charge is -2.04. The third kappa shape index (κ3) is 7.54. The van der Waals surface area contributed by atoms with E-state index in [-0.39, 0.29) is 5.97 Å². The van der Waals surface area contributed by atoms with E-state index in [0.29, 0.717) is 18.6 Å². The van der Waals surface area contributed by atoms with Gasteiger partial charge in [0.15, 0.2) is 0 Å². The largest absolute Gasteiger partial charge is 0.462 e. The summed E-state index contributed by atoms with van der Waals surface area (Å²) in [5.41, 5.74) is 1.55. The summed E-state index contributed by atoms with van der Waals surface area (Å²) in [5.74, 6) is -0.348. The zero-order valence-electron chi connectivity index (χ0n) is 12.0. The molecule has 0 N–H and O–H groups in total. The Kier molecular flexibility index (Phi) is 6.99. The van der Waals surface area contributed by atoms with Crippen LogP contribution < -0.4 is 0 Å². The number of hydrogen-bond acceptors (Lipinski definition) is 2. The van der Waals surface area contributed by atoms with Crippen LogP contribution in [0.25, 0.3) is 0 Å². The maximum Gasteiger partial charge on any atom is 0.392 e. The third-order valence-corrected chi connectivity index (χ3v) is 2.82. The molecule has 0 aromatic heterocycles. The summed E-state index contributed by atoms with van der Waals surface area (Å²) in [4.78, 5) is 11.4. The fourth-order valence-electron chi connectivity index (χ4n) is 1.78. The van der Waals surface area contributed by atoms with Crippen LogP contribution >= 0.6 is 0 Å². The first-order valence-corrected chi connectivity index (χ1v) is 6.90. The number of benzene rings is 1. The molecule has 21 heavy (non-hydrogen) atoms. The highest BCUT2D eigenvalue weighted by Gasteiger charge is 2.24. The van der Waals surface area contributed by atoms with Crippen LogP contribution in [0.4, 0.5) is 13.2 Å². The molecule has 0 heterocycles. The summed E-state index contributed by atoms with van der Waals surface area (Å²) < 4.78 is 40.6. The number of aryl methyl sites for hydroxylation is 1. The molecule has 0 amide bonds. The molecule has 1 rings (SSSR count). The Morgan fingerprint density at radius 3 is 2.43 bits per heavy atom. The highest BCUT2D eigenvalue weighted by molar-refractivity contribution is 5.89. The zero-order chi connectivity index (χ0) is 15.7. The van der Waals surface area contributed by atoms with Crippen molar-refractivity contribution in [3.63, 3.8) is 0 Å². The number of halogens is 3. The van der Waals surface area contributed by atoms with Crippen molar-refractivity contribution in [2.75, 3.05) is 6.61 Å². The second kappa shape index (κ2) is 8.49. The van der Waals surface area contributed by atoms with E-state index in [2.05, 4.69) is 0 Å². The summed E-state index contributed by atoms with van der Waals surface area (Å²) in [6.45, 7) is 2.09. The van der Waals surface area contributed by atoms with Crippen LogP contribution in [-0.4, -0.2) is 18.8 Å². The van der Waals surface area contributed by atoms with Crippen molar-refractivity contribution in [2.24, 2.45) is 0 Å². The number of carbonyl (C=O) groups excluding carboxylic acids is 1. The Morgan fingerprint density at radius 2 is 1.86 bits per heavy atom. The fraction of sp³-hybridized carbons (Fsp3) is 0.438. The summed E-state index contributed by atoms with van der Waals surface area (Å²) in [6.07, 6.45) is -0.146. The molecule has 0 aliphatic carbocycles. The van der Waals surface area contributed by atoms with Crippen molar-refractivity contribution in [1.82, 2.24) is 0 Å². The lowest BCUT2D eigenvalue weighted by atomic mass is 10.1. The minimum atomic E-state index is -4.13. The first kappa shape index (κ1) is 17.3. The van der Waals surface area contributed by atoms with E-state index >= 15 is 0 Å². The van der Waals surface area contributed by atoms with E-state index in [1.165, 1.54) is 0 Å². The molecule has 2 nitrogen and oxygen atoms in total. The minimum absolute atomic E-state index is 0.338. The van der Waals surface area contributed by atoms with E-state index < -0.39 is 12.6 Å². The Morgan fingerprint density at radius 1 is 1.19 bits per heavy atom. The smallest absolute Gasteiger partial charge is 0.392 e. The quantitative estimate of drug-likeness (QED) is 0.414. The van der Waals surface area contributed by atoms with E-state index in [4.69, 9.17) is 4.74 Å². The molecule has 116 valence electrons. The van der Waals surface area contributed by atoms with Crippen LogP contribution in [0.5, 0.6) is 0 Å². The molecule has 1 aromatic carbocycles. The number of unbranched alkanes of at least 4 members (excludes halogenated alkanes) is 1. The monoisotopic (exact) mass is 300 g/mol. The van der Waals surface area contributed by atoms with Gasteiger partial charge in [-0.05, 0) is 43.9 Å². The van der Waals surface area contributed by atoms with Crippen molar-refractivity contribution < 1.29 is 22.7 Å². The Hall–Kier alpha value is -1.78. The highest BCUT2D eigenvalue weighted by Crippen LogP contribution is 2.20. The standard InChI is InChI=1S/C16H19F3O2/c1-2-21-15(20)14-10-8-13(9-11-14)7-5-3-4-6-12-16(17,18)19/h4,6,8-11H,2-3,5,7,12H2,1H3/b6-4+. The SMILES string of the molecule is CCOC(=O)c1ccc(CCC/C=C/CC(F)(F)F)cc1. The van der Waals surface area contributed by atoms with E-state index in [9.17, 15) is 18.0 Å². The molecular formula is C16H19F3O2. The summed E-state index contributed by atoms with van der Waals surface area (Å²) >= 11 is 0. The van der Waals surface area contributed by atoms with Crippen LogP contribution in [0.3, 0.4) is 0 Å². The van der Waals surface area contributed by atoms with Gasteiger partial charge in [0.2, 0.25) is 0 Å². The van der Waals surface area contributed by atoms with Crippen molar-refractivity contribution in [2.45, 2.75) is 38.8 Å². The molecule has 1 aromatic rings. The van der Waals surface area contributed by atoms with Crippen LogP contribution in [-0.2, 0) is 11.2 Å².